The second-order valence-electron chi connectivity index (χ2n) is 8.56. The monoisotopic (exact) mass is 427 g/mol. The van der Waals surface area contributed by atoms with Gasteiger partial charge >= 0.3 is 0 Å². The molecule has 5 nitrogen and oxygen atoms in total. The highest BCUT2D eigenvalue weighted by molar-refractivity contribution is 6.01. The highest BCUT2D eigenvalue weighted by Gasteiger charge is 2.37. The number of benzene rings is 2. The fourth-order valence-corrected chi connectivity index (χ4v) is 4.97. The lowest BCUT2D eigenvalue weighted by atomic mass is 9.87. The van der Waals surface area contributed by atoms with Gasteiger partial charge in [0.2, 0.25) is 11.8 Å². The number of nitrogens with zero attached hydrogens (tertiary/aromatic N) is 1. The van der Waals surface area contributed by atoms with Crippen molar-refractivity contribution >= 4 is 35.6 Å². The standard InChI is InChI=1S/C24H29N3O2.ClH/c1-14-9-15(2)23(16(3)10-14)27-13-18(12-22(27)28)24(29)26-21-6-4-5-17-11-19(25)7-8-20(17)21;/h7-11,18,21H,4-6,12-13,25H2,1-3H3,(H,26,29);1H. The minimum Gasteiger partial charge on any atom is -0.399 e. The van der Waals surface area contributed by atoms with Crippen molar-refractivity contribution in [3.05, 3.63) is 58.1 Å². The molecule has 1 aliphatic carbocycles. The van der Waals surface area contributed by atoms with E-state index in [0.29, 0.717) is 6.54 Å². The van der Waals surface area contributed by atoms with Crippen molar-refractivity contribution < 1.29 is 9.59 Å². The smallest absolute Gasteiger partial charge is 0.227 e. The Balaban J connectivity index is 0.00000256. The summed E-state index contributed by atoms with van der Waals surface area (Å²) in [5, 5.41) is 3.21. The van der Waals surface area contributed by atoms with E-state index in [1.165, 1.54) is 11.1 Å². The number of amides is 2. The van der Waals surface area contributed by atoms with Crippen LogP contribution >= 0.6 is 12.4 Å². The molecule has 160 valence electrons. The molecule has 1 aliphatic heterocycles. The van der Waals surface area contributed by atoms with Crippen LogP contribution in [0.4, 0.5) is 11.4 Å². The Morgan fingerprint density at radius 2 is 1.83 bits per heavy atom. The molecule has 6 heteroatoms. The fraction of sp³-hybridized carbons (Fsp3) is 0.417. The Morgan fingerprint density at radius 1 is 1.13 bits per heavy atom. The molecule has 0 aromatic heterocycles. The first-order valence-electron chi connectivity index (χ1n) is 10.4. The van der Waals surface area contributed by atoms with E-state index in [1.54, 1.807) is 4.90 Å². The van der Waals surface area contributed by atoms with Crippen LogP contribution in [0.2, 0.25) is 0 Å². The van der Waals surface area contributed by atoms with E-state index in [4.69, 9.17) is 5.73 Å². The van der Waals surface area contributed by atoms with E-state index < -0.39 is 0 Å². The molecule has 2 unspecified atom stereocenters. The van der Waals surface area contributed by atoms with Gasteiger partial charge in [-0.05, 0) is 74.4 Å². The van der Waals surface area contributed by atoms with E-state index in [9.17, 15) is 9.59 Å². The van der Waals surface area contributed by atoms with Crippen LogP contribution < -0.4 is 16.0 Å². The summed E-state index contributed by atoms with van der Waals surface area (Å²) in [6, 6.07) is 10.1. The maximum absolute atomic E-state index is 13.0. The Kier molecular flexibility index (Phi) is 6.41. The molecule has 2 atom stereocenters. The molecule has 4 rings (SSSR count). The molecule has 2 aromatic rings. The summed E-state index contributed by atoms with van der Waals surface area (Å²) in [5.74, 6) is -0.322. The van der Waals surface area contributed by atoms with Gasteiger partial charge in [-0.1, -0.05) is 23.8 Å². The zero-order chi connectivity index (χ0) is 20.7. The Hall–Kier alpha value is -2.53. The van der Waals surface area contributed by atoms with Gasteiger partial charge in [0.25, 0.3) is 0 Å². The first kappa shape index (κ1) is 22.2. The Labute approximate surface area is 184 Å². The zero-order valence-corrected chi connectivity index (χ0v) is 18.6. The largest absolute Gasteiger partial charge is 0.399 e. The molecule has 2 amide bonds. The number of fused-ring (bicyclic) bond motifs is 1. The molecule has 0 spiro atoms. The number of halogens is 1. The number of rotatable bonds is 3. The third-order valence-corrected chi connectivity index (χ3v) is 6.20. The van der Waals surface area contributed by atoms with Crippen molar-refractivity contribution in [1.82, 2.24) is 5.32 Å². The van der Waals surface area contributed by atoms with E-state index in [0.717, 1.165) is 47.3 Å². The predicted molar refractivity (Wildman–Crippen MR) is 123 cm³/mol. The van der Waals surface area contributed by atoms with E-state index in [2.05, 4.69) is 24.4 Å². The van der Waals surface area contributed by atoms with Gasteiger partial charge < -0.3 is 16.0 Å². The van der Waals surface area contributed by atoms with Crippen LogP contribution in [-0.2, 0) is 16.0 Å². The summed E-state index contributed by atoms with van der Waals surface area (Å²) in [5.41, 5.74) is 13.3. The lowest BCUT2D eigenvalue weighted by Crippen LogP contribution is -2.37. The van der Waals surface area contributed by atoms with Gasteiger partial charge in [0, 0.05) is 24.3 Å². The molecule has 1 saturated heterocycles. The van der Waals surface area contributed by atoms with E-state index in [1.807, 2.05) is 32.0 Å². The average Bonchev–Trinajstić information content (AvgIpc) is 3.02. The summed E-state index contributed by atoms with van der Waals surface area (Å²) in [4.78, 5) is 27.6. The molecule has 1 fully saturated rings. The molecule has 2 aromatic carbocycles. The molecule has 0 bridgehead atoms. The molecule has 1 heterocycles. The van der Waals surface area contributed by atoms with Gasteiger partial charge in [-0.2, -0.15) is 0 Å². The van der Waals surface area contributed by atoms with Crippen LogP contribution in [0, 0.1) is 26.7 Å². The molecule has 0 saturated carbocycles. The van der Waals surface area contributed by atoms with Crippen molar-refractivity contribution in [3.8, 4) is 0 Å². The molecule has 0 radical (unpaired) electrons. The van der Waals surface area contributed by atoms with Gasteiger partial charge in [0.1, 0.15) is 0 Å². The maximum atomic E-state index is 13.0. The fourth-order valence-electron chi connectivity index (χ4n) is 4.97. The molecular weight excluding hydrogens is 398 g/mol. The maximum Gasteiger partial charge on any atom is 0.227 e. The number of nitrogen functional groups attached to an aromatic ring is 1. The minimum absolute atomic E-state index is 0. The highest BCUT2D eigenvalue weighted by atomic mass is 35.5. The van der Waals surface area contributed by atoms with E-state index in [-0.39, 0.29) is 42.6 Å². The minimum atomic E-state index is -0.318. The van der Waals surface area contributed by atoms with Crippen LogP contribution in [0.3, 0.4) is 0 Å². The van der Waals surface area contributed by atoms with Crippen LogP contribution in [0.25, 0.3) is 0 Å². The van der Waals surface area contributed by atoms with E-state index >= 15 is 0 Å². The summed E-state index contributed by atoms with van der Waals surface area (Å²) in [6.45, 7) is 6.56. The first-order chi connectivity index (χ1) is 13.8. The van der Waals surface area contributed by atoms with Crippen LogP contribution in [-0.4, -0.2) is 18.4 Å². The summed E-state index contributed by atoms with van der Waals surface area (Å²) >= 11 is 0. The molecule has 3 N–H and O–H groups in total. The third-order valence-electron chi connectivity index (χ3n) is 6.20. The zero-order valence-electron chi connectivity index (χ0n) is 17.8. The van der Waals surface area contributed by atoms with Crippen LogP contribution in [0.5, 0.6) is 0 Å². The normalized spacial score (nSPS) is 20.5. The number of anilines is 2. The number of carbonyl (C=O) groups excluding carboxylic acids is 2. The molecular formula is C24H30ClN3O2. The molecule has 30 heavy (non-hydrogen) atoms. The summed E-state index contributed by atoms with van der Waals surface area (Å²) < 4.78 is 0. The first-order valence-corrected chi connectivity index (χ1v) is 10.4. The molecule has 2 aliphatic rings. The lowest BCUT2D eigenvalue weighted by Gasteiger charge is -2.28. The number of nitrogens with two attached hydrogens (primary N) is 1. The van der Waals surface area contributed by atoms with Gasteiger partial charge in [-0.25, -0.2) is 0 Å². The second-order valence-corrected chi connectivity index (χ2v) is 8.56. The Bertz CT molecular complexity index is 965. The van der Waals surface area contributed by atoms with Gasteiger partial charge in [-0.3, -0.25) is 9.59 Å². The van der Waals surface area contributed by atoms with Crippen molar-refractivity contribution in [1.29, 1.82) is 0 Å². The summed E-state index contributed by atoms with van der Waals surface area (Å²) in [6.07, 6.45) is 3.20. The van der Waals surface area contributed by atoms with Crippen LogP contribution in [0.1, 0.15) is 53.1 Å². The van der Waals surface area contributed by atoms with Gasteiger partial charge in [0.15, 0.2) is 0 Å². The van der Waals surface area contributed by atoms with Crippen molar-refractivity contribution in [2.45, 2.75) is 52.5 Å². The van der Waals surface area contributed by atoms with Gasteiger partial charge in [0.05, 0.1) is 12.0 Å². The van der Waals surface area contributed by atoms with Crippen LogP contribution in [0.15, 0.2) is 30.3 Å². The quantitative estimate of drug-likeness (QED) is 0.722. The van der Waals surface area contributed by atoms with Crippen molar-refractivity contribution in [2.75, 3.05) is 17.2 Å². The number of hydrogen-bond acceptors (Lipinski definition) is 3. The number of carbonyl (C=O) groups is 2. The topological polar surface area (TPSA) is 75.4 Å². The lowest BCUT2D eigenvalue weighted by molar-refractivity contribution is -0.127. The van der Waals surface area contributed by atoms with Crippen molar-refractivity contribution in [3.63, 3.8) is 0 Å². The van der Waals surface area contributed by atoms with Crippen molar-refractivity contribution in [2.24, 2.45) is 5.92 Å². The number of nitrogens with one attached hydrogen (secondary N) is 1. The van der Waals surface area contributed by atoms with Gasteiger partial charge in [-0.15, -0.1) is 12.4 Å². The predicted octanol–water partition coefficient (Wildman–Crippen LogP) is 4.16. The SMILES string of the molecule is Cc1cc(C)c(N2CC(C(=O)NC3CCCc4cc(N)ccc43)CC2=O)c(C)c1.Cl. The second kappa shape index (κ2) is 8.68. The number of aryl methyl sites for hydroxylation is 4. The Morgan fingerprint density at radius 3 is 2.53 bits per heavy atom. The number of hydrogen-bond donors (Lipinski definition) is 2. The summed E-state index contributed by atoms with van der Waals surface area (Å²) in [7, 11) is 0. The third kappa shape index (κ3) is 4.17. The average molecular weight is 428 g/mol. The highest BCUT2D eigenvalue weighted by Crippen LogP contribution is 2.34.